The molecule has 0 spiro atoms. The molecule has 1 amide bonds. The molecule has 4 aromatic rings. The van der Waals surface area contributed by atoms with E-state index >= 15 is 0 Å². The molecule has 0 saturated carbocycles. The quantitative estimate of drug-likeness (QED) is 0.305. The molecule has 3 N–H and O–H groups in total. The molecule has 2 saturated heterocycles. The van der Waals surface area contributed by atoms with E-state index < -0.39 is 5.91 Å². The predicted molar refractivity (Wildman–Crippen MR) is 157 cm³/mol. The van der Waals surface area contributed by atoms with Gasteiger partial charge in [-0.15, -0.1) is 0 Å². The number of aromatic nitrogens is 1. The monoisotopic (exact) mass is 564 g/mol. The van der Waals surface area contributed by atoms with Gasteiger partial charge in [-0.25, -0.2) is 0 Å². The number of halogens is 1. The summed E-state index contributed by atoms with van der Waals surface area (Å²) in [6.45, 7) is 7.45. The average molecular weight is 565 g/mol. The average Bonchev–Trinajstić information content (AvgIpc) is 3.56. The Morgan fingerprint density at radius 1 is 1.12 bits per heavy atom. The Bertz CT molecular complexity index is 1500. The number of nitrogens with two attached hydrogens (primary N) is 1. The number of hydrogen-bond acceptors (Lipinski definition) is 6. The second-order valence-electron chi connectivity index (χ2n) is 11.3. The van der Waals surface area contributed by atoms with Crippen molar-refractivity contribution in [1.82, 2.24) is 14.4 Å². The molecule has 212 valence electrons. The number of likely N-dealkylation sites (tertiary alicyclic amines) is 2. The summed E-state index contributed by atoms with van der Waals surface area (Å²) < 4.78 is 14.1. The van der Waals surface area contributed by atoms with Crippen LogP contribution in [-0.4, -0.2) is 70.3 Å². The van der Waals surface area contributed by atoms with E-state index in [9.17, 15) is 9.90 Å². The molecule has 2 fully saturated rings. The molecule has 4 heterocycles. The number of nitrogens with zero attached hydrogens (tertiary/aromatic N) is 3. The number of aliphatic hydroxyl groups is 1. The van der Waals surface area contributed by atoms with Crippen LogP contribution in [0.2, 0.25) is 5.02 Å². The van der Waals surface area contributed by atoms with Gasteiger partial charge in [-0.3, -0.25) is 9.69 Å². The van der Waals surface area contributed by atoms with E-state index in [1.807, 2.05) is 42.5 Å². The van der Waals surface area contributed by atoms with Crippen molar-refractivity contribution in [2.45, 2.75) is 57.4 Å². The molecule has 6 rings (SSSR count). The minimum Gasteiger partial charge on any atom is -0.488 e. The van der Waals surface area contributed by atoms with Gasteiger partial charge in [-0.2, -0.15) is 0 Å². The van der Waals surface area contributed by atoms with Crippen molar-refractivity contribution in [3.05, 3.63) is 65.0 Å². The highest BCUT2D eigenvalue weighted by atomic mass is 35.5. The number of ether oxygens (including phenoxy) is 1. The number of rotatable bonds is 8. The molecule has 2 aliphatic heterocycles. The number of fused-ring (bicyclic) bond motifs is 2. The number of hydrogen-bond donors (Lipinski definition) is 2. The molecule has 8 nitrogen and oxygen atoms in total. The van der Waals surface area contributed by atoms with Crippen molar-refractivity contribution in [1.29, 1.82) is 0 Å². The summed E-state index contributed by atoms with van der Waals surface area (Å²) >= 11 is 6.42. The minimum atomic E-state index is -0.432. The topological polar surface area (TPSA) is 97.1 Å². The minimum absolute atomic E-state index is 0.148. The molecule has 2 aliphatic rings. The van der Waals surface area contributed by atoms with Crippen molar-refractivity contribution in [2.24, 2.45) is 5.73 Å². The molecular weight excluding hydrogens is 528 g/mol. The Morgan fingerprint density at radius 3 is 2.62 bits per heavy atom. The molecule has 0 unspecified atom stereocenters. The number of furan rings is 1. The smallest absolute Gasteiger partial charge is 0.265 e. The molecule has 2 aromatic heterocycles. The lowest BCUT2D eigenvalue weighted by molar-refractivity contribution is 0.0493. The second-order valence-corrected chi connectivity index (χ2v) is 11.7. The van der Waals surface area contributed by atoms with Crippen LogP contribution in [-0.2, 0) is 6.61 Å². The first-order valence-electron chi connectivity index (χ1n) is 14.2. The molecular formula is C31H37ClN4O4. The van der Waals surface area contributed by atoms with Gasteiger partial charge < -0.3 is 29.5 Å². The third kappa shape index (κ3) is 5.33. The first-order chi connectivity index (χ1) is 19.4. The van der Waals surface area contributed by atoms with Crippen LogP contribution in [0.1, 0.15) is 54.7 Å². The van der Waals surface area contributed by atoms with Crippen molar-refractivity contribution < 1.29 is 19.1 Å². The third-order valence-corrected chi connectivity index (χ3v) is 8.99. The lowest BCUT2D eigenvalue weighted by Gasteiger charge is -2.39. The molecule has 2 aromatic carbocycles. The number of primary amides is 1. The van der Waals surface area contributed by atoms with E-state index in [0.717, 1.165) is 85.8 Å². The lowest BCUT2D eigenvalue weighted by atomic mass is 10.0. The van der Waals surface area contributed by atoms with Gasteiger partial charge in [0.15, 0.2) is 0 Å². The highest BCUT2D eigenvalue weighted by molar-refractivity contribution is 6.35. The highest BCUT2D eigenvalue weighted by Crippen LogP contribution is 2.36. The van der Waals surface area contributed by atoms with Crippen LogP contribution < -0.4 is 10.5 Å². The maximum atomic E-state index is 12.6. The standard InChI is InChI=1S/C31H37ClN4O4/c1-20(35-14-10-23(37)11-15-35)17-34-12-8-22(9-13-34)36-26-5-3-6-28(24(26)16-27(36)31(33)38)39-18-21-19-40-29-7-2-4-25(32)30(21)29/h2-7,16,19-20,22-23,37H,8-15,17-18H2,1H3,(H2,33,38)/t20-/m0/s1. The van der Waals surface area contributed by atoms with E-state index in [2.05, 4.69) is 21.3 Å². The van der Waals surface area contributed by atoms with Crippen LogP contribution in [0, 0.1) is 0 Å². The Balaban J connectivity index is 1.18. The predicted octanol–water partition coefficient (Wildman–Crippen LogP) is 5.20. The zero-order chi connectivity index (χ0) is 27.8. The highest BCUT2D eigenvalue weighted by Gasteiger charge is 2.28. The summed E-state index contributed by atoms with van der Waals surface area (Å²) in [4.78, 5) is 17.6. The molecule has 0 aliphatic carbocycles. The number of piperidine rings is 2. The van der Waals surface area contributed by atoms with Crippen molar-refractivity contribution in [3.63, 3.8) is 0 Å². The summed E-state index contributed by atoms with van der Waals surface area (Å²) in [7, 11) is 0. The van der Waals surface area contributed by atoms with E-state index in [1.54, 1.807) is 6.26 Å². The van der Waals surface area contributed by atoms with Gasteiger partial charge in [-0.05, 0) is 62.9 Å². The SMILES string of the molecule is C[C@@H](CN1CCC(n2c(C(N)=O)cc3c(OCc4coc5cccc(Cl)c45)cccc32)CC1)N1CCC(O)CC1. The fraction of sp³-hybridized carbons (Fsp3) is 0.452. The molecule has 40 heavy (non-hydrogen) atoms. The Morgan fingerprint density at radius 2 is 1.88 bits per heavy atom. The summed E-state index contributed by atoms with van der Waals surface area (Å²) in [5, 5.41) is 12.2. The van der Waals surface area contributed by atoms with Gasteiger partial charge >= 0.3 is 0 Å². The summed E-state index contributed by atoms with van der Waals surface area (Å²) in [5.74, 6) is 0.260. The van der Waals surface area contributed by atoms with Gasteiger partial charge in [0.25, 0.3) is 5.91 Å². The van der Waals surface area contributed by atoms with E-state index in [1.165, 1.54) is 0 Å². The van der Waals surface area contributed by atoms with Crippen LogP contribution in [0.15, 0.2) is 53.1 Å². The first kappa shape index (κ1) is 27.1. The van der Waals surface area contributed by atoms with Crippen molar-refractivity contribution >= 4 is 39.4 Å². The largest absolute Gasteiger partial charge is 0.488 e. The molecule has 9 heteroatoms. The van der Waals surface area contributed by atoms with E-state index in [-0.39, 0.29) is 12.1 Å². The molecule has 0 radical (unpaired) electrons. The molecule has 0 bridgehead atoms. The van der Waals surface area contributed by atoms with Crippen LogP contribution in [0.25, 0.3) is 21.9 Å². The van der Waals surface area contributed by atoms with Gasteiger partial charge in [0, 0.05) is 61.1 Å². The van der Waals surface area contributed by atoms with Gasteiger partial charge in [0.1, 0.15) is 23.6 Å². The van der Waals surface area contributed by atoms with Crippen LogP contribution in [0.5, 0.6) is 5.75 Å². The van der Waals surface area contributed by atoms with Crippen LogP contribution >= 0.6 is 11.6 Å². The van der Waals surface area contributed by atoms with E-state index in [0.29, 0.717) is 29.1 Å². The number of carbonyl (C=O) groups excluding carboxylic acids is 1. The fourth-order valence-electron chi connectivity index (χ4n) is 6.48. The first-order valence-corrected chi connectivity index (χ1v) is 14.6. The van der Waals surface area contributed by atoms with Gasteiger partial charge in [0.05, 0.1) is 22.9 Å². The second kappa shape index (κ2) is 11.4. The number of benzene rings is 2. The van der Waals surface area contributed by atoms with Gasteiger partial charge in [0.2, 0.25) is 0 Å². The van der Waals surface area contributed by atoms with E-state index in [4.69, 9.17) is 26.5 Å². The number of carbonyl (C=O) groups is 1. The summed E-state index contributed by atoms with van der Waals surface area (Å²) in [5.41, 5.74) is 8.96. The Labute approximate surface area is 239 Å². The lowest BCUT2D eigenvalue weighted by Crippen LogP contribution is -2.48. The molecule has 1 atom stereocenters. The van der Waals surface area contributed by atoms with Crippen LogP contribution in [0.3, 0.4) is 0 Å². The zero-order valence-corrected chi connectivity index (χ0v) is 23.6. The Hall–Kier alpha value is -3.04. The Kier molecular flexibility index (Phi) is 7.77. The maximum absolute atomic E-state index is 12.6. The summed E-state index contributed by atoms with van der Waals surface area (Å²) in [6, 6.07) is 14.0. The summed E-state index contributed by atoms with van der Waals surface area (Å²) in [6.07, 6.45) is 5.15. The third-order valence-electron chi connectivity index (χ3n) is 8.67. The van der Waals surface area contributed by atoms with Crippen LogP contribution in [0.4, 0.5) is 0 Å². The fourth-order valence-corrected chi connectivity index (χ4v) is 6.77. The van der Waals surface area contributed by atoms with Crippen molar-refractivity contribution in [2.75, 3.05) is 32.7 Å². The van der Waals surface area contributed by atoms with Gasteiger partial charge in [-0.1, -0.05) is 23.7 Å². The maximum Gasteiger partial charge on any atom is 0.265 e. The number of aliphatic hydroxyl groups excluding tert-OH is 1. The number of amides is 1. The van der Waals surface area contributed by atoms with Crippen molar-refractivity contribution in [3.8, 4) is 5.75 Å². The zero-order valence-electron chi connectivity index (χ0n) is 22.9. The normalized spacial score (nSPS) is 19.0.